The van der Waals surface area contributed by atoms with E-state index in [-0.39, 0.29) is 42.8 Å². The Morgan fingerprint density at radius 1 is 1.09 bits per heavy atom. The normalized spacial score (nSPS) is 29.8. The largest absolute Gasteiger partial charge is 1.00 e. The Balaban J connectivity index is 0.00000289. The average molecular weight is 469 g/mol. The molecule has 0 bridgehead atoms. The first-order valence-corrected chi connectivity index (χ1v) is 11.1. The summed E-state index contributed by atoms with van der Waals surface area (Å²) in [6.45, 7) is 0.0719. The number of ether oxygens (including phenoxy) is 4. The fourth-order valence-corrected chi connectivity index (χ4v) is 4.72. The zero-order chi connectivity index (χ0) is 21.8. The molecule has 4 rings (SSSR count). The Morgan fingerprint density at radius 3 is 2.38 bits per heavy atom. The van der Waals surface area contributed by atoms with Crippen LogP contribution in [0.5, 0.6) is 0 Å². The van der Waals surface area contributed by atoms with Crippen LogP contribution in [0.3, 0.4) is 0 Å². The predicted octanol–water partition coefficient (Wildman–Crippen LogP) is -0.361. The number of fused-ring (bicyclic) bond motifs is 1. The molecule has 0 radical (unpaired) electrons. The molecule has 2 fully saturated rings. The molecule has 0 aromatic heterocycles. The minimum absolute atomic E-state index is 0. The number of rotatable bonds is 6. The third kappa shape index (κ3) is 5.70. The van der Waals surface area contributed by atoms with Gasteiger partial charge in [0.15, 0.2) is 12.5 Å². The van der Waals surface area contributed by atoms with E-state index in [9.17, 15) is 13.0 Å². The van der Waals surface area contributed by atoms with Gasteiger partial charge >= 0.3 is 29.6 Å². The quantitative estimate of drug-likeness (QED) is 0.185. The molecule has 2 heterocycles. The smallest absolute Gasteiger partial charge is 0.748 e. The molecule has 2 aliphatic heterocycles. The molecule has 6 atom stereocenters. The van der Waals surface area contributed by atoms with Gasteiger partial charge < -0.3 is 23.5 Å². The molecular weight excluding hydrogens is 449 g/mol. The van der Waals surface area contributed by atoms with Gasteiger partial charge in [-0.15, -0.1) is 0 Å². The van der Waals surface area contributed by atoms with Crippen molar-refractivity contribution in [3.05, 3.63) is 82.2 Å². The SMILES string of the molecule is [N-]=[N+]=N[C@H]1O[C@@H]2CO[C@@H](c3ccccc3)O[C@H]2[C@H](OCc2ccccc2)[C@@H]1S(=O)(=O)[O-].[Na+]. The number of nitrogens with zero attached hydrogens (tertiary/aromatic N) is 3. The molecule has 10 nitrogen and oxygen atoms in total. The maximum atomic E-state index is 12.1. The van der Waals surface area contributed by atoms with E-state index in [2.05, 4.69) is 10.0 Å². The maximum Gasteiger partial charge on any atom is 1.00 e. The van der Waals surface area contributed by atoms with Crippen LogP contribution < -0.4 is 29.6 Å². The van der Waals surface area contributed by atoms with Gasteiger partial charge in [0.25, 0.3) is 0 Å². The zero-order valence-electron chi connectivity index (χ0n) is 17.3. The van der Waals surface area contributed by atoms with Crippen LogP contribution in [0.2, 0.25) is 0 Å². The molecule has 0 saturated carbocycles. The molecule has 32 heavy (non-hydrogen) atoms. The fourth-order valence-electron chi connectivity index (χ4n) is 3.75. The van der Waals surface area contributed by atoms with Crippen LogP contribution in [0.15, 0.2) is 65.8 Å². The molecule has 2 aromatic carbocycles. The van der Waals surface area contributed by atoms with Crippen molar-refractivity contribution in [1.29, 1.82) is 0 Å². The minimum atomic E-state index is -4.97. The topological polar surface area (TPSA) is 143 Å². The molecule has 164 valence electrons. The summed E-state index contributed by atoms with van der Waals surface area (Å²) in [5, 5.41) is 1.62. The van der Waals surface area contributed by atoms with Crippen LogP contribution in [0.1, 0.15) is 17.4 Å². The van der Waals surface area contributed by atoms with Crippen molar-refractivity contribution in [3.63, 3.8) is 0 Å². The van der Waals surface area contributed by atoms with Gasteiger partial charge in [-0.25, -0.2) is 8.42 Å². The average Bonchev–Trinajstić information content (AvgIpc) is 2.77. The van der Waals surface area contributed by atoms with Crippen LogP contribution in [-0.2, 0) is 35.7 Å². The molecule has 0 amide bonds. The molecule has 12 heteroatoms. The van der Waals surface area contributed by atoms with Gasteiger partial charge in [-0.05, 0) is 11.1 Å². The van der Waals surface area contributed by atoms with Gasteiger partial charge in [0, 0.05) is 10.5 Å². The second kappa shape index (κ2) is 11.1. The first-order chi connectivity index (χ1) is 15.0. The van der Waals surface area contributed by atoms with Crippen molar-refractivity contribution in [2.75, 3.05) is 6.61 Å². The van der Waals surface area contributed by atoms with E-state index in [0.717, 1.165) is 11.1 Å². The van der Waals surface area contributed by atoms with Crippen molar-refractivity contribution in [2.45, 2.75) is 42.7 Å². The van der Waals surface area contributed by atoms with E-state index in [4.69, 9.17) is 24.5 Å². The number of hydrogen-bond acceptors (Lipinski definition) is 8. The molecule has 0 N–H and O–H groups in total. The van der Waals surface area contributed by atoms with Crippen LogP contribution >= 0.6 is 0 Å². The summed E-state index contributed by atoms with van der Waals surface area (Å²) in [4.78, 5) is 2.64. The van der Waals surface area contributed by atoms with Crippen molar-refractivity contribution >= 4 is 10.1 Å². The predicted molar refractivity (Wildman–Crippen MR) is 106 cm³/mol. The van der Waals surface area contributed by atoms with E-state index in [1.165, 1.54) is 0 Å². The summed E-state index contributed by atoms with van der Waals surface area (Å²) < 4.78 is 59.7. The van der Waals surface area contributed by atoms with Gasteiger partial charge in [-0.3, -0.25) is 0 Å². The van der Waals surface area contributed by atoms with Crippen LogP contribution in [0, 0.1) is 0 Å². The Bertz CT molecular complexity index is 1040. The molecule has 2 saturated heterocycles. The Kier molecular flexibility index (Phi) is 8.70. The molecule has 2 aliphatic rings. The van der Waals surface area contributed by atoms with E-state index in [0.29, 0.717) is 0 Å². The zero-order valence-corrected chi connectivity index (χ0v) is 20.1. The van der Waals surface area contributed by atoms with E-state index >= 15 is 0 Å². The van der Waals surface area contributed by atoms with Gasteiger partial charge in [0.2, 0.25) is 0 Å². The first kappa shape index (κ1) is 25.1. The van der Waals surface area contributed by atoms with Gasteiger partial charge in [0.1, 0.15) is 33.7 Å². The third-order valence-corrected chi connectivity index (χ3v) is 6.33. The molecule has 2 aromatic rings. The summed E-state index contributed by atoms with van der Waals surface area (Å²) in [5.74, 6) is 0. The minimum Gasteiger partial charge on any atom is -0.748 e. The van der Waals surface area contributed by atoms with E-state index in [1.54, 1.807) is 24.3 Å². The number of azide groups is 1. The van der Waals surface area contributed by atoms with Crippen molar-refractivity contribution < 1.29 is 61.5 Å². The molecule has 0 aliphatic carbocycles. The summed E-state index contributed by atoms with van der Waals surface area (Å²) in [6, 6.07) is 18.2. The number of hydrogen-bond donors (Lipinski definition) is 0. The third-order valence-electron chi connectivity index (χ3n) is 5.16. The molecule has 0 unspecified atom stereocenters. The van der Waals surface area contributed by atoms with Crippen molar-refractivity contribution in [1.82, 2.24) is 0 Å². The van der Waals surface area contributed by atoms with E-state index in [1.807, 2.05) is 36.4 Å². The monoisotopic (exact) mass is 469 g/mol. The van der Waals surface area contributed by atoms with Crippen LogP contribution in [-0.4, -0.2) is 49.4 Å². The van der Waals surface area contributed by atoms with E-state index < -0.39 is 46.2 Å². The molecular formula is C20H20N3NaO7S. The standard InChI is InChI=1S/C20H21N3O7S.Na/c21-23-22-19-18(31(24,25)26)17(27-11-13-7-3-1-4-8-13)16-15(29-19)12-28-20(30-16)14-9-5-2-6-10-14;/h1-10,15-20H,11-12H2,(H,24,25,26);/q;+1/p-1/t15-,16-,17+,18+,19+,20-;/m1./s1. The van der Waals surface area contributed by atoms with Gasteiger partial charge in [0.05, 0.1) is 13.2 Å². The summed E-state index contributed by atoms with van der Waals surface area (Å²) >= 11 is 0. The second-order valence-electron chi connectivity index (χ2n) is 7.17. The van der Waals surface area contributed by atoms with Gasteiger partial charge in [-0.1, -0.05) is 65.8 Å². The van der Waals surface area contributed by atoms with Crippen molar-refractivity contribution in [2.24, 2.45) is 5.11 Å². The van der Waals surface area contributed by atoms with Crippen LogP contribution in [0.25, 0.3) is 10.4 Å². The van der Waals surface area contributed by atoms with Crippen LogP contribution in [0.4, 0.5) is 0 Å². The summed E-state index contributed by atoms with van der Waals surface area (Å²) in [5.41, 5.74) is 10.4. The van der Waals surface area contributed by atoms with Crippen molar-refractivity contribution in [3.8, 4) is 0 Å². The Morgan fingerprint density at radius 2 is 1.75 bits per heavy atom. The first-order valence-electron chi connectivity index (χ1n) is 9.59. The number of benzene rings is 2. The second-order valence-corrected chi connectivity index (χ2v) is 8.70. The summed E-state index contributed by atoms with van der Waals surface area (Å²) in [7, 11) is -4.97. The molecule has 0 spiro atoms. The fraction of sp³-hybridized carbons (Fsp3) is 0.400. The summed E-state index contributed by atoms with van der Waals surface area (Å²) in [6.07, 6.45) is -5.29. The Hall–Kier alpha value is -1.50. The van der Waals surface area contributed by atoms with Gasteiger partial charge in [-0.2, -0.15) is 0 Å². The maximum absolute atomic E-state index is 12.1. The Labute approximate surface area is 207 Å².